The predicted octanol–water partition coefficient (Wildman–Crippen LogP) is 3.33. The predicted molar refractivity (Wildman–Crippen MR) is 63.1 cm³/mol. The van der Waals surface area contributed by atoms with Gasteiger partial charge in [-0.2, -0.15) is 0 Å². The van der Waals surface area contributed by atoms with Gasteiger partial charge in [0.2, 0.25) is 0 Å². The SMILES string of the molecule is Cc1c[nH]c2c1c(C)nc1ccccc12. The number of H-pyrrole nitrogens is 1. The molecule has 3 rings (SSSR count). The topological polar surface area (TPSA) is 28.7 Å². The number of benzene rings is 1. The molecule has 3 aromatic rings. The summed E-state index contributed by atoms with van der Waals surface area (Å²) in [5.74, 6) is 0. The molecule has 2 aromatic heterocycles. The summed E-state index contributed by atoms with van der Waals surface area (Å²) in [5.41, 5.74) is 4.63. The number of aromatic amines is 1. The third kappa shape index (κ3) is 1.08. The molecule has 0 radical (unpaired) electrons. The van der Waals surface area contributed by atoms with Gasteiger partial charge >= 0.3 is 0 Å². The number of hydrogen-bond donors (Lipinski definition) is 1. The molecule has 0 aliphatic rings. The molecule has 0 aliphatic carbocycles. The van der Waals surface area contributed by atoms with Gasteiger partial charge in [0.15, 0.2) is 0 Å². The van der Waals surface area contributed by atoms with Crippen LogP contribution in [0.4, 0.5) is 0 Å². The highest BCUT2D eigenvalue weighted by Crippen LogP contribution is 2.27. The molecule has 1 aromatic carbocycles. The zero-order valence-corrected chi connectivity index (χ0v) is 8.83. The number of aryl methyl sites for hydroxylation is 2. The number of para-hydroxylation sites is 1. The highest BCUT2D eigenvalue weighted by Gasteiger charge is 2.08. The van der Waals surface area contributed by atoms with E-state index in [0.717, 1.165) is 11.2 Å². The molecule has 0 amide bonds. The van der Waals surface area contributed by atoms with Gasteiger partial charge in [-0.3, -0.25) is 4.98 Å². The van der Waals surface area contributed by atoms with Crippen molar-refractivity contribution >= 4 is 21.8 Å². The summed E-state index contributed by atoms with van der Waals surface area (Å²) in [5, 5.41) is 2.46. The molecule has 0 unspecified atom stereocenters. The summed E-state index contributed by atoms with van der Waals surface area (Å²) >= 11 is 0. The maximum Gasteiger partial charge on any atom is 0.0726 e. The first-order valence-electron chi connectivity index (χ1n) is 5.10. The highest BCUT2D eigenvalue weighted by molar-refractivity contribution is 6.05. The van der Waals surface area contributed by atoms with Crippen LogP contribution in [-0.4, -0.2) is 9.97 Å². The van der Waals surface area contributed by atoms with E-state index in [4.69, 9.17) is 0 Å². The summed E-state index contributed by atoms with van der Waals surface area (Å²) in [4.78, 5) is 7.95. The number of nitrogens with zero attached hydrogens (tertiary/aromatic N) is 1. The Hall–Kier alpha value is -1.83. The maximum atomic E-state index is 4.62. The quantitative estimate of drug-likeness (QED) is 0.587. The maximum absolute atomic E-state index is 4.62. The van der Waals surface area contributed by atoms with Gasteiger partial charge in [0.05, 0.1) is 11.0 Å². The monoisotopic (exact) mass is 196 g/mol. The normalized spacial score (nSPS) is 11.3. The average molecular weight is 196 g/mol. The Bertz CT molecular complexity index is 650. The Balaban J connectivity index is 2.65. The number of hydrogen-bond acceptors (Lipinski definition) is 1. The fourth-order valence-electron chi connectivity index (χ4n) is 2.22. The Kier molecular flexibility index (Phi) is 1.60. The van der Waals surface area contributed by atoms with Gasteiger partial charge in [-0.1, -0.05) is 18.2 Å². The van der Waals surface area contributed by atoms with E-state index in [1.54, 1.807) is 0 Å². The fraction of sp³-hybridized carbons (Fsp3) is 0.154. The first kappa shape index (κ1) is 8.48. The van der Waals surface area contributed by atoms with Gasteiger partial charge < -0.3 is 4.98 Å². The van der Waals surface area contributed by atoms with Gasteiger partial charge in [-0.15, -0.1) is 0 Å². The summed E-state index contributed by atoms with van der Waals surface area (Å²) in [6, 6.07) is 8.24. The molecule has 2 nitrogen and oxygen atoms in total. The number of rotatable bonds is 0. The third-order valence-corrected chi connectivity index (χ3v) is 2.90. The molecule has 0 aliphatic heterocycles. The van der Waals surface area contributed by atoms with E-state index >= 15 is 0 Å². The lowest BCUT2D eigenvalue weighted by molar-refractivity contribution is 1.28. The van der Waals surface area contributed by atoms with Crippen LogP contribution in [0.25, 0.3) is 21.8 Å². The van der Waals surface area contributed by atoms with Crippen LogP contribution in [-0.2, 0) is 0 Å². The summed E-state index contributed by atoms with van der Waals surface area (Å²) in [6.45, 7) is 4.18. The zero-order valence-electron chi connectivity index (χ0n) is 8.83. The van der Waals surface area contributed by atoms with Crippen molar-refractivity contribution in [2.75, 3.05) is 0 Å². The van der Waals surface area contributed by atoms with Crippen molar-refractivity contribution in [3.8, 4) is 0 Å². The van der Waals surface area contributed by atoms with E-state index in [1.807, 2.05) is 12.3 Å². The van der Waals surface area contributed by atoms with E-state index in [0.29, 0.717) is 0 Å². The van der Waals surface area contributed by atoms with Crippen LogP contribution >= 0.6 is 0 Å². The number of nitrogens with one attached hydrogen (secondary N) is 1. The second kappa shape index (κ2) is 2.83. The van der Waals surface area contributed by atoms with Crippen LogP contribution < -0.4 is 0 Å². The van der Waals surface area contributed by atoms with E-state index in [2.05, 4.69) is 42.0 Å². The van der Waals surface area contributed by atoms with Crippen LogP contribution in [0.15, 0.2) is 30.5 Å². The van der Waals surface area contributed by atoms with Crippen LogP contribution in [0, 0.1) is 13.8 Å². The number of aromatic nitrogens is 2. The van der Waals surface area contributed by atoms with Crippen LogP contribution in [0.2, 0.25) is 0 Å². The first-order chi connectivity index (χ1) is 7.27. The molecular weight excluding hydrogens is 184 g/mol. The molecule has 15 heavy (non-hydrogen) atoms. The summed E-state index contributed by atoms with van der Waals surface area (Å²) in [7, 11) is 0. The molecule has 0 spiro atoms. The zero-order chi connectivity index (χ0) is 10.4. The van der Waals surface area contributed by atoms with Crippen molar-refractivity contribution in [3.63, 3.8) is 0 Å². The molecule has 2 heterocycles. The van der Waals surface area contributed by atoms with Crippen LogP contribution in [0.1, 0.15) is 11.3 Å². The van der Waals surface area contributed by atoms with Crippen molar-refractivity contribution in [1.82, 2.24) is 9.97 Å². The Morgan fingerprint density at radius 2 is 1.93 bits per heavy atom. The van der Waals surface area contributed by atoms with E-state index in [9.17, 15) is 0 Å². The lowest BCUT2D eigenvalue weighted by Gasteiger charge is -2.02. The van der Waals surface area contributed by atoms with Crippen molar-refractivity contribution in [2.45, 2.75) is 13.8 Å². The van der Waals surface area contributed by atoms with Crippen LogP contribution in [0.3, 0.4) is 0 Å². The van der Waals surface area contributed by atoms with Gasteiger partial charge in [0, 0.05) is 22.7 Å². The second-order valence-corrected chi connectivity index (χ2v) is 3.94. The lowest BCUT2D eigenvalue weighted by atomic mass is 10.1. The van der Waals surface area contributed by atoms with E-state index in [-0.39, 0.29) is 0 Å². The second-order valence-electron chi connectivity index (χ2n) is 3.94. The van der Waals surface area contributed by atoms with Gasteiger partial charge in [-0.25, -0.2) is 0 Å². The smallest absolute Gasteiger partial charge is 0.0726 e. The highest BCUT2D eigenvalue weighted by atomic mass is 14.7. The van der Waals surface area contributed by atoms with Gasteiger partial charge in [0.25, 0.3) is 0 Å². The molecule has 0 fully saturated rings. The van der Waals surface area contributed by atoms with Crippen molar-refractivity contribution < 1.29 is 0 Å². The fourth-order valence-corrected chi connectivity index (χ4v) is 2.22. The molecule has 1 N–H and O–H groups in total. The summed E-state index contributed by atoms with van der Waals surface area (Å²) < 4.78 is 0. The average Bonchev–Trinajstić information content (AvgIpc) is 2.62. The first-order valence-corrected chi connectivity index (χ1v) is 5.10. The van der Waals surface area contributed by atoms with Crippen LogP contribution in [0.5, 0.6) is 0 Å². The molecule has 74 valence electrons. The third-order valence-electron chi connectivity index (χ3n) is 2.90. The minimum absolute atomic E-state index is 1.06. The minimum atomic E-state index is 1.06. The van der Waals surface area contributed by atoms with Crippen molar-refractivity contribution in [3.05, 3.63) is 41.7 Å². The van der Waals surface area contributed by atoms with E-state index < -0.39 is 0 Å². The largest absolute Gasteiger partial charge is 0.360 e. The Labute approximate surface area is 88.0 Å². The Morgan fingerprint density at radius 1 is 1.13 bits per heavy atom. The molecule has 0 saturated carbocycles. The molecular formula is C13H12N2. The van der Waals surface area contributed by atoms with Gasteiger partial charge in [0.1, 0.15) is 0 Å². The minimum Gasteiger partial charge on any atom is -0.360 e. The molecule has 0 saturated heterocycles. The number of pyridine rings is 1. The number of fused-ring (bicyclic) bond motifs is 3. The van der Waals surface area contributed by atoms with Crippen molar-refractivity contribution in [2.24, 2.45) is 0 Å². The van der Waals surface area contributed by atoms with Gasteiger partial charge in [-0.05, 0) is 25.5 Å². The summed E-state index contributed by atoms with van der Waals surface area (Å²) in [6.07, 6.45) is 2.05. The molecule has 0 atom stereocenters. The van der Waals surface area contributed by atoms with Crippen molar-refractivity contribution in [1.29, 1.82) is 0 Å². The Morgan fingerprint density at radius 3 is 2.80 bits per heavy atom. The molecule has 2 heteroatoms. The molecule has 0 bridgehead atoms. The lowest BCUT2D eigenvalue weighted by Crippen LogP contribution is -1.86. The standard InChI is InChI=1S/C13H12N2/c1-8-7-14-13-10-5-3-4-6-11(10)15-9(2)12(8)13/h3-7,14H,1-2H3. The van der Waals surface area contributed by atoms with E-state index in [1.165, 1.54) is 21.9 Å².